The molecule has 0 aliphatic carbocycles. The molecule has 5 heteroatoms. The summed E-state index contributed by atoms with van der Waals surface area (Å²) in [6.45, 7) is 1.69. The Morgan fingerprint density at radius 2 is 2.05 bits per heavy atom. The van der Waals surface area contributed by atoms with Crippen molar-refractivity contribution in [2.75, 3.05) is 7.11 Å². The average Bonchev–Trinajstić information content (AvgIpc) is 2.37. The third-order valence-corrected chi connectivity index (χ3v) is 2.65. The van der Waals surface area contributed by atoms with E-state index in [2.05, 4.69) is 4.98 Å². The number of hydrogen-bond acceptors (Lipinski definition) is 3. The van der Waals surface area contributed by atoms with E-state index < -0.39 is 11.8 Å². The number of carbonyl (C=O) groups is 1. The molecular weight excluding hydrogens is 249 g/mol. The van der Waals surface area contributed by atoms with E-state index >= 15 is 0 Å². The van der Waals surface area contributed by atoms with Crippen molar-refractivity contribution in [2.45, 2.75) is 6.92 Å². The van der Waals surface area contributed by atoms with Gasteiger partial charge in [-0.1, -0.05) is 0 Å². The summed E-state index contributed by atoms with van der Waals surface area (Å²) in [5.74, 6) is -1.42. The molecule has 0 saturated heterocycles. The number of aryl methyl sites for hydroxylation is 1. The van der Waals surface area contributed by atoms with Crippen LogP contribution in [-0.2, 0) is 0 Å². The predicted molar refractivity (Wildman–Crippen MR) is 67.9 cm³/mol. The van der Waals surface area contributed by atoms with Gasteiger partial charge in [0.2, 0.25) is 0 Å². The third kappa shape index (κ3) is 2.70. The maximum absolute atomic E-state index is 13.6. The zero-order valence-electron chi connectivity index (χ0n) is 10.5. The Balaban J connectivity index is 2.52. The molecular formula is C14H12FNO3. The first-order chi connectivity index (χ1) is 9.01. The SMILES string of the molecule is COc1ccc(-c2cc(C(=O)O)cc(C)n2)cc1F. The maximum atomic E-state index is 13.6. The summed E-state index contributed by atoms with van der Waals surface area (Å²) in [6, 6.07) is 7.26. The van der Waals surface area contributed by atoms with Gasteiger partial charge in [-0.25, -0.2) is 9.18 Å². The summed E-state index contributed by atoms with van der Waals surface area (Å²) in [5.41, 5.74) is 1.60. The Hall–Kier alpha value is -2.43. The summed E-state index contributed by atoms with van der Waals surface area (Å²) in [7, 11) is 1.38. The van der Waals surface area contributed by atoms with Crippen molar-refractivity contribution >= 4 is 5.97 Å². The molecule has 0 amide bonds. The fourth-order valence-electron chi connectivity index (χ4n) is 1.77. The largest absolute Gasteiger partial charge is 0.494 e. The first kappa shape index (κ1) is 13.0. The smallest absolute Gasteiger partial charge is 0.335 e. The van der Waals surface area contributed by atoms with Gasteiger partial charge in [0.1, 0.15) is 0 Å². The van der Waals surface area contributed by atoms with E-state index in [1.165, 1.54) is 31.4 Å². The second-order valence-electron chi connectivity index (χ2n) is 4.04. The van der Waals surface area contributed by atoms with Crippen LogP contribution in [0.2, 0.25) is 0 Å². The van der Waals surface area contributed by atoms with Crippen LogP contribution in [-0.4, -0.2) is 23.2 Å². The predicted octanol–water partition coefficient (Wildman–Crippen LogP) is 2.90. The van der Waals surface area contributed by atoms with Crippen molar-refractivity contribution in [2.24, 2.45) is 0 Å². The molecule has 0 unspecified atom stereocenters. The zero-order chi connectivity index (χ0) is 14.0. The van der Waals surface area contributed by atoms with E-state index in [0.717, 1.165) is 0 Å². The molecule has 2 aromatic rings. The Labute approximate surface area is 109 Å². The molecule has 19 heavy (non-hydrogen) atoms. The van der Waals surface area contributed by atoms with E-state index in [1.54, 1.807) is 13.0 Å². The number of rotatable bonds is 3. The van der Waals surface area contributed by atoms with E-state index in [0.29, 0.717) is 17.0 Å². The second kappa shape index (κ2) is 5.06. The molecule has 0 atom stereocenters. The highest BCUT2D eigenvalue weighted by Crippen LogP contribution is 2.25. The molecule has 1 aromatic carbocycles. The quantitative estimate of drug-likeness (QED) is 0.922. The highest BCUT2D eigenvalue weighted by atomic mass is 19.1. The minimum absolute atomic E-state index is 0.124. The number of pyridine rings is 1. The van der Waals surface area contributed by atoms with Gasteiger partial charge < -0.3 is 9.84 Å². The average molecular weight is 261 g/mol. The fraction of sp³-hybridized carbons (Fsp3) is 0.143. The molecule has 4 nitrogen and oxygen atoms in total. The molecule has 0 spiro atoms. The minimum Gasteiger partial charge on any atom is -0.494 e. The third-order valence-electron chi connectivity index (χ3n) is 2.65. The molecule has 2 rings (SSSR count). The minimum atomic E-state index is -1.04. The lowest BCUT2D eigenvalue weighted by molar-refractivity contribution is 0.0696. The molecule has 0 aliphatic rings. The topological polar surface area (TPSA) is 59.4 Å². The van der Waals surface area contributed by atoms with E-state index in [-0.39, 0.29) is 11.3 Å². The molecule has 0 bridgehead atoms. The van der Waals surface area contributed by atoms with Crippen molar-refractivity contribution in [3.63, 3.8) is 0 Å². The van der Waals surface area contributed by atoms with Crippen LogP contribution >= 0.6 is 0 Å². The van der Waals surface area contributed by atoms with E-state index in [4.69, 9.17) is 9.84 Å². The van der Waals surface area contributed by atoms with E-state index in [9.17, 15) is 9.18 Å². The molecule has 1 aromatic heterocycles. The first-order valence-corrected chi connectivity index (χ1v) is 5.57. The van der Waals surface area contributed by atoms with Crippen LogP contribution in [0.5, 0.6) is 5.75 Å². The van der Waals surface area contributed by atoms with E-state index in [1.807, 2.05) is 0 Å². The number of carboxylic acids is 1. The Morgan fingerprint density at radius 3 is 2.63 bits per heavy atom. The fourth-order valence-corrected chi connectivity index (χ4v) is 1.77. The van der Waals surface area contributed by atoms with Gasteiger partial charge in [0.25, 0.3) is 0 Å². The van der Waals surface area contributed by atoms with Gasteiger partial charge in [0.05, 0.1) is 18.4 Å². The second-order valence-corrected chi connectivity index (χ2v) is 4.04. The van der Waals surface area contributed by atoms with Crippen LogP contribution in [0.25, 0.3) is 11.3 Å². The number of halogens is 1. The highest BCUT2D eigenvalue weighted by molar-refractivity contribution is 5.89. The molecule has 0 radical (unpaired) electrons. The number of carboxylic acid groups (broad SMARTS) is 1. The Morgan fingerprint density at radius 1 is 1.32 bits per heavy atom. The van der Waals surface area contributed by atoms with Gasteiger partial charge in [0, 0.05) is 11.3 Å². The number of aromatic nitrogens is 1. The monoisotopic (exact) mass is 261 g/mol. The van der Waals surface area contributed by atoms with Crippen molar-refractivity contribution in [1.82, 2.24) is 4.98 Å². The molecule has 0 fully saturated rings. The number of aromatic carboxylic acids is 1. The lowest BCUT2D eigenvalue weighted by Crippen LogP contribution is -2.00. The van der Waals surface area contributed by atoms with Crippen molar-refractivity contribution in [3.8, 4) is 17.0 Å². The lowest BCUT2D eigenvalue weighted by atomic mass is 10.1. The summed E-state index contributed by atoms with van der Waals surface area (Å²) >= 11 is 0. The molecule has 1 heterocycles. The van der Waals surface area contributed by atoms with Gasteiger partial charge in [0.15, 0.2) is 11.6 Å². The normalized spacial score (nSPS) is 10.3. The van der Waals surface area contributed by atoms with Gasteiger partial charge in [-0.2, -0.15) is 0 Å². The number of ether oxygens (including phenoxy) is 1. The van der Waals surface area contributed by atoms with Gasteiger partial charge in [-0.15, -0.1) is 0 Å². The van der Waals surface area contributed by atoms with Crippen molar-refractivity contribution in [3.05, 3.63) is 47.4 Å². The number of nitrogens with zero attached hydrogens (tertiary/aromatic N) is 1. The molecule has 1 N–H and O–H groups in total. The summed E-state index contributed by atoms with van der Waals surface area (Å²) in [5, 5.41) is 9.00. The van der Waals surface area contributed by atoms with Crippen LogP contribution in [0.4, 0.5) is 4.39 Å². The molecule has 0 saturated carbocycles. The summed E-state index contributed by atoms with van der Waals surface area (Å²) < 4.78 is 18.5. The zero-order valence-corrected chi connectivity index (χ0v) is 10.5. The van der Waals surface area contributed by atoms with Gasteiger partial charge >= 0.3 is 5.97 Å². The van der Waals surface area contributed by atoms with Crippen LogP contribution in [0.3, 0.4) is 0 Å². The first-order valence-electron chi connectivity index (χ1n) is 5.57. The standard InChI is InChI=1S/C14H12FNO3/c1-8-5-10(14(17)18)7-12(16-8)9-3-4-13(19-2)11(15)6-9/h3-7H,1-2H3,(H,17,18). The number of benzene rings is 1. The van der Waals surface area contributed by atoms with Crippen LogP contribution in [0, 0.1) is 12.7 Å². The number of methoxy groups -OCH3 is 1. The Kier molecular flexibility index (Phi) is 3.46. The molecule has 0 aliphatic heterocycles. The van der Waals surface area contributed by atoms with Crippen LogP contribution < -0.4 is 4.74 Å². The number of hydrogen-bond donors (Lipinski definition) is 1. The highest BCUT2D eigenvalue weighted by Gasteiger charge is 2.10. The lowest BCUT2D eigenvalue weighted by Gasteiger charge is -2.07. The van der Waals surface area contributed by atoms with Crippen LogP contribution in [0.1, 0.15) is 16.1 Å². The Bertz CT molecular complexity index is 641. The van der Waals surface area contributed by atoms with Gasteiger partial charge in [-0.3, -0.25) is 4.98 Å². The summed E-state index contributed by atoms with van der Waals surface area (Å²) in [6.07, 6.45) is 0. The van der Waals surface area contributed by atoms with Crippen molar-refractivity contribution < 1.29 is 19.0 Å². The van der Waals surface area contributed by atoms with Crippen molar-refractivity contribution in [1.29, 1.82) is 0 Å². The molecule has 98 valence electrons. The van der Waals surface area contributed by atoms with Crippen LogP contribution in [0.15, 0.2) is 30.3 Å². The summed E-state index contributed by atoms with van der Waals surface area (Å²) in [4.78, 5) is 15.2. The maximum Gasteiger partial charge on any atom is 0.335 e. The van der Waals surface area contributed by atoms with Gasteiger partial charge in [-0.05, 0) is 37.3 Å².